The first-order chi connectivity index (χ1) is 21.5. The summed E-state index contributed by atoms with van der Waals surface area (Å²) in [5, 5.41) is 8.76. The molecule has 0 aliphatic heterocycles. The molecule has 0 aromatic carbocycles. The van der Waals surface area contributed by atoms with Crippen molar-refractivity contribution in [3.05, 3.63) is 0 Å². The summed E-state index contributed by atoms with van der Waals surface area (Å²) in [5.41, 5.74) is 5.51. The maximum absolute atomic E-state index is 8.76. The van der Waals surface area contributed by atoms with Gasteiger partial charge in [-0.2, -0.15) is 12.6 Å². The third-order valence-electron chi connectivity index (χ3n) is 8.48. The molecule has 15 heteroatoms. The number of hydrogen-bond donors (Lipinski definition) is 3. The summed E-state index contributed by atoms with van der Waals surface area (Å²) < 4.78 is 24.7. The lowest BCUT2D eigenvalue weighted by atomic mass is 10.5. The second-order valence-corrected chi connectivity index (χ2v) is 52.7. The standard InChI is InChI=1S/C9H25NOSi2.C9H24O2Si2.C9H24OSSi2.C6H18OSi2.8CH4/c2*1-6-12(2,3)11-13(4,5)9-7-8-10;1-6-12(2,3)10-13(4,5)9-7-8-11;1-6-9(4,5)7-8(2)3;;;;;;;;/h6-10H2,1-5H3;10H,6-9H2,1-5H3;11H,6-9H2,1-5H3;8H,6H2,1-5H3;8*1H4. The first-order valence-corrected chi connectivity index (χ1v) is 44.4. The van der Waals surface area contributed by atoms with Gasteiger partial charge in [0.1, 0.15) is 0 Å². The van der Waals surface area contributed by atoms with Crippen LogP contribution < -0.4 is 5.73 Å². The van der Waals surface area contributed by atoms with Gasteiger partial charge in [-0.1, -0.05) is 87.1 Å². The molecule has 0 bridgehead atoms. The molecular weight excluding hydrogens is 843 g/mol. The second kappa shape index (κ2) is 43.5. The molecule has 0 aromatic rings. The Morgan fingerprint density at radius 3 is 0.875 bits per heavy atom. The molecule has 56 heavy (non-hydrogen) atoms. The predicted molar refractivity (Wildman–Crippen MR) is 300 cm³/mol. The molecule has 0 saturated carbocycles. The molecule has 0 aliphatic rings. The van der Waals surface area contributed by atoms with E-state index in [1.54, 1.807) is 0 Å². The van der Waals surface area contributed by atoms with Crippen molar-refractivity contribution in [2.75, 3.05) is 18.9 Å². The highest BCUT2D eigenvalue weighted by atomic mass is 32.1. The molecule has 0 atom stereocenters. The number of aliphatic hydroxyl groups is 1. The minimum atomic E-state index is -1.48. The highest BCUT2D eigenvalue weighted by Crippen LogP contribution is 2.24. The van der Waals surface area contributed by atoms with E-state index in [9.17, 15) is 0 Å². The zero-order chi connectivity index (χ0) is 39.1. The van der Waals surface area contributed by atoms with Gasteiger partial charge in [-0.15, -0.1) is 0 Å². The van der Waals surface area contributed by atoms with Crippen LogP contribution in [0.25, 0.3) is 0 Å². The summed E-state index contributed by atoms with van der Waals surface area (Å²) in [7, 11) is -10.2. The summed E-state index contributed by atoms with van der Waals surface area (Å²) in [6.45, 7) is 46.7. The van der Waals surface area contributed by atoms with Gasteiger partial charge >= 0.3 is 0 Å². The Morgan fingerprint density at radius 2 is 0.696 bits per heavy atom. The Balaban J connectivity index is -0.0000000443. The van der Waals surface area contributed by atoms with Crippen LogP contribution in [-0.2, 0) is 16.5 Å². The van der Waals surface area contributed by atoms with Gasteiger partial charge < -0.3 is 27.3 Å². The summed E-state index contributed by atoms with van der Waals surface area (Å²) in [5.74, 6) is 0.994. The maximum Gasteiger partial charge on any atom is 0.173 e. The van der Waals surface area contributed by atoms with Gasteiger partial charge in [-0.05, 0) is 179 Å². The molecule has 3 N–H and O–H groups in total. The molecule has 6 nitrogen and oxygen atoms in total. The van der Waals surface area contributed by atoms with Crippen molar-refractivity contribution >= 4 is 79.9 Å². The zero-order valence-corrected chi connectivity index (χ0v) is 45.4. The number of aliphatic hydroxyl groups excluding tert-OH is 1. The average molecular weight is 967 g/mol. The van der Waals surface area contributed by atoms with E-state index in [0.29, 0.717) is 6.61 Å². The van der Waals surface area contributed by atoms with Crippen LogP contribution in [0, 0.1) is 0 Å². The minimum Gasteiger partial charge on any atom is -0.458 e. The van der Waals surface area contributed by atoms with Crippen LogP contribution in [0.4, 0.5) is 0 Å². The lowest BCUT2D eigenvalue weighted by Gasteiger charge is -2.33. The molecule has 0 unspecified atom stereocenters. The van der Waals surface area contributed by atoms with E-state index >= 15 is 0 Å². The van der Waals surface area contributed by atoms with Crippen LogP contribution in [0.2, 0.25) is 147 Å². The molecule has 360 valence electrons. The van der Waals surface area contributed by atoms with Crippen molar-refractivity contribution in [1.29, 1.82) is 0 Å². The van der Waals surface area contributed by atoms with Gasteiger partial charge in [0, 0.05) is 6.61 Å². The van der Waals surface area contributed by atoms with E-state index in [0.717, 1.165) is 31.2 Å². The smallest absolute Gasteiger partial charge is 0.173 e. The third-order valence-corrected chi connectivity index (χ3v) is 38.0. The molecule has 0 amide bonds. The quantitative estimate of drug-likeness (QED) is 0.0785. The van der Waals surface area contributed by atoms with Crippen LogP contribution in [0.1, 0.15) is 106 Å². The topological polar surface area (TPSA) is 83.2 Å². The van der Waals surface area contributed by atoms with Crippen molar-refractivity contribution in [2.45, 2.75) is 253 Å². The summed E-state index contributed by atoms with van der Waals surface area (Å²) in [6.07, 6.45) is 3.22. The second-order valence-electron chi connectivity index (χ2n) is 17.8. The molecule has 0 radical (unpaired) electrons. The van der Waals surface area contributed by atoms with Crippen LogP contribution in [0.5, 0.6) is 0 Å². The van der Waals surface area contributed by atoms with Crippen molar-refractivity contribution < 1.29 is 21.6 Å². The Bertz CT molecular complexity index is 697. The Kier molecular flexibility index (Phi) is 69.1. The lowest BCUT2D eigenvalue weighted by Crippen LogP contribution is -2.43. The molecule has 0 aliphatic carbocycles. The van der Waals surface area contributed by atoms with E-state index < -0.39 is 67.3 Å². The van der Waals surface area contributed by atoms with Gasteiger partial charge in [-0.3, -0.25) is 0 Å². The van der Waals surface area contributed by atoms with E-state index in [1.807, 2.05) is 0 Å². The first kappa shape index (κ1) is 88.9. The van der Waals surface area contributed by atoms with Gasteiger partial charge in [-0.25, -0.2) is 0 Å². The maximum atomic E-state index is 8.76. The van der Waals surface area contributed by atoms with E-state index in [2.05, 4.69) is 145 Å². The fourth-order valence-electron chi connectivity index (χ4n) is 4.87. The number of rotatable bonds is 21. The van der Waals surface area contributed by atoms with Crippen LogP contribution in [0.15, 0.2) is 0 Å². The highest BCUT2D eigenvalue weighted by molar-refractivity contribution is 7.80. The number of nitrogens with two attached hydrogens (primary N) is 1. The molecule has 0 spiro atoms. The SMILES string of the molecule is C.C.C.C.C.C.C.C.CC[Si](C)(C)O[SiH](C)C.CC[Si](C)(C)O[Si](C)(C)CCCN.CC[Si](C)(C)O[Si](C)(C)CCCO.CC[Si](C)(C)O[Si](C)(C)CCCS. The summed E-state index contributed by atoms with van der Waals surface area (Å²) >= 11 is 4.24. The molecule has 0 rings (SSSR count). The van der Waals surface area contributed by atoms with Crippen LogP contribution in [-0.4, -0.2) is 91.3 Å². The minimum absolute atomic E-state index is 0. The van der Waals surface area contributed by atoms with E-state index in [1.165, 1.54) is 42.7 Å². The van der Waals surface area contributed by atoms with Gasteiger partial charge in [0.05, 0.1) is 0 Å². The van der Waals surface area contributed by atoms with Crippen molar-refractivity contribution in [3.63, 3.8) is 0 Å². The normalized spacial score (nSPS) is 11.4. The van der Waals surface area contributed by atoms with Gasteiger partial charge in [0.25, 0.3) is 0 Å². The fourth-order valence-corrected chi connectivity index (χ4v) is 35.1. The fraction of sp³-hybridized carbons (Fsp3) is 1.00. The van der Waals surface area contributed by atoms with Crippen LogP contribution in [0.3, 0.4) is 0 Å². The first-order valence-electron chi connectivity index (χ1n) is 19.2. The van der Waals surface area contributed by atoms with Crippen molar-refractivity contribution in [1.82, 2.24) is 0 Å². The van der Waals surface area contributed by atoms with Crippen molar-refractivity contribution in [3.8, 4) is 0 Å². The average Bonchev–Trinajstić information content (AvgIpc) is 2.93. The number of hydrogen-bond acceptors (Lipinski definition) is 7. The Hall–Kier alpha value is 1.85. The Labute approximate surface area is 377 Å². The molecule has 0 heterocycles. The van der Waals surface area contributed by atoms with E-state index in [4.69, 9.17) is 27.3 Å². The largest absolute Gasteiger partial charge is 0.458 e. The third kappa shape index (κ3) is 62.5. The van der Waals surface area contributed by atoms with E-state index in [-0.39, 0.29) is 59.4 Å². The summed E-state index contributed by atoms with van der Waals surface area (Å²) in [6, 6.07) is 8.42. The van der Waals surface area contributed by atoms with Gasteiger partial charge in [0.15, 0.2) is 67.3 Å². The van der Waals surface area contributed by atoms with Crippen molar-refractivity contribution in [2.24, 2.45) is 5.73 Å². The predicted octanol–water partition coefficient (Wildman–Crippen LogP) is 16.7. The van der Waals surface area contributed by atoms with Gasteiger partial charge in [0.2, 0.25) is 0 Å². The monoisotopic (exact) mass is 966 g/mol. The van der Waals surface area contributed by atoms with Crippen LogP contribution >= 0.6 is 12.6 Å². The molecule has 0 fully saturated rings. The highest BCUT2D eigenvalue weighted by Gasteiger charge is 2.32. The lowest BCUT2D eigenvalue weighted by molar-refractivity contribution is 0.292. The molecular formula is C41H123NO5SSi8. The molecule has 0 saturated heterocycles. The zero-order valence-electron chi connectivity index (χ0n) is 36.4. The molecule has 0 aromatic heterocycles. The Morgan fingerprint density at radius 1 is 0.446 bits per heavy atom. The summed E-state index contributed by atoms with van der Waals surface area (Å²) in [4.78, 5) is 0. The number of thiol groups is 1.